The molecule has 3 atom stereocenters. The maximum absolute atomic E-state index is 12.0. The van der Waals surface area contributed by atoms with Gasteiger partial charge in [-0.15, -0.1) is 0 Å². The zero-order valence-electron chi connectivity index (χ0n) is 11.1. The molecule has 2 saturated heterocycles. The fraction of sp³-hybridized carbons (Fsp3) is 0.846. The summed E-state index contributed by atoms with van der Waals surface area (Å²) in [4.78, 5) is 22.8. The van der Waals surface area contributed by atoms with Gasteiger partial charge in [-0.05, 0) is 38.5 Å². The molecule has 2 fully saturated rings. The number of ether oxygens (including phenoxy) is 2. The highest BCUT2D eigenvalue weighted by Gasteiger charge is 2.35. The zero-order chi connectivity index (χ0) is 13.8. The molecule has 0 aliphatic carbocycles. The van der Waals surface area contributed by atoms with Crippen LogP contribution in [0.1, 0.15) is 32.6 Å². The van der Waals surface area contributed by atoms with Crippen LogP contribution < -0.4 is 5.32 Å². The van der Waals surface area contributed by atoms with E-state index in [0.717, 1.165) is 26.1 Å². The summed E-state index contributed by atoms with van der Waals surface area (Å²) in [5.41, 5.74) is 0. The quantitative estimate of drug-likeness (QED) is 0.780. The van der Waals surface area contributed by atoms with Crippen LogP contribution in [0.4, 0.5) is 0 Å². The normalized spacial score (nSPS) is 29.9. The van der Waals surface area contributed by atoms with Crippen LogP contribution >= 0.6 is 0 Å². The number of hydrogen-bond acceptors (Lipinski definition) is 4. The Balaban J connectivity index is 1.79. The lowest BCUT2D eigenvalue weighted by Gasteiger charge is -2.29. The standard InChI is InChI=1S/C13H21NO5/c1-8(9-4-6-18-7-5-9)14-12(15)10-2-3-11(19-10)13(16)17/h8-11H,2-7H2,1H3,(H,14,15)(H,16,17)/t8?,10-,11+/m0/s1. The summed E-state index contributed by atoms with van der Waals surface area (Å²) in [6, 6.07) is 0.0730. The number of amides is 1. The van der Waals surface area contributed by atoms with Gasteiger partial charge in [0.15, 0.2) is 6.10 Å². The maximum Gasteiger partial charge on any atom is 0.332 e. The zero-order valence-corrected chi connectivity index (χ0v) is 11.1. The Kier molecular flexibility index (Phi) is 4.76. The second-order valence-electron chi connectivity index (χ2n) is 5.28. The minimum Gasteiger partial charge on any atom is -0.479 e. The first-order chi connectivity index (χ1) is 9.08. The van der Waals surface area contributed by atoms with Crippen molar-refractivity contribution < 1.29 is 24.2 Å². The highest BCUT2D eigenvalue weighted by molar-refractivity contribution is 5.82. The second kappa shape index (κ2) is 6.34. The molecule has 2 rings (SSSR count). The van der Waals surface area contributed by atoms with Gasteiger partial charge in [-0.3, -0.25) is 4.79 Å². The van der Waals surface area contributed by atoms with E-state index >= 15 is 0 Å². The summed E-state index contributed by atoms with van der Waals surface area (Å²) in [5.74, 6) is -0.759. The molecule has 2 N–H and O–H groups in total. The van der Waals surface area contributed by atoms with E-state index in [2.05, 4.69) is 5.32 Å². The van der Waals surface area contributed by atoms with E-state index in [1.807, 2.05) is 6.92 Å². The first kappa shape index (κ1) is 14.3. The Bertz CT molecular complexity index is 340. The number of carboxylic acids is 1. The molecule has 0 spiro atoms. The van der Waals surface area contributed by atoms with Crippen LogP contribution in [0.2, 0.25) is 0 Å². The van der Waals surface area contributed by atoms with Crippen LogP contribution in [0.5, 0.6) is 0 Å². The smallest absolute Gasteiger partial charge is 0.332 e. The molecule has 1 amide bonds. The number of aliphatic carboxylic acids is 1. The molecule has 0 aromatic carbocycles. The van der Waals surface area contributed by atoms with Crippen LogP contribution in [-0.4, -0.2) is 48.4 Å². The van der Waals surface area contributed by atoms with Crippen LogP contribution in [0.15, 0.2) is 0 Å². The van der Waals surface area contributed by atoms with E-state index in [1.54, 1.807) is 0 Å². The Hall–Kier alpha value is -1.14. The fourth-order valence-corrected chi connectivity index (χ4v) is 2.66. The third-order valence-electron chi connectivity index (χ3n) is 3.93. The van der Waals surface area contributed by atoms with Crippen LogP contribution in [0, 0.1) is 5.92 Å². The molecular weight excluding hydrogens is 250 g/mol. The van der Waals surface area contributed by atoms with Crippen molar-refractivity contribution in [2.45, 2.75) is 50.9 Å². The second-order valence-corrected chi connectivity index (χ2v) is 5.28. The molecule has 2 aliphatic rings. The number of nitrogens with one attached hydrogen (secondary N) is 1. The number of carbonyl (C=O) groups is 2. The summed E-state index contributed by atoms with van der Waals surface area (Å²) < 4.78 is 10.5. The average Bonchev–Trinajstić information content (AvgIpc) is 2.89. The summed E-state index contributed by atoms with van der Waals surface area (Å²) in [6.07, 6.45) is 1.31. The van der Waals surface area contributed by atoms with E-state index in [-0.39, 0.29) is 11.9 Å². The van der Waals surface area contributed by atoms with E-state index in [4.69, 9.17) is 14.6 Å². The molecule has 6 nitrogen and oxygen atoms in total. The predicted molar refractivity (Wildman–Crippen MR) is 66.7 cm³/mol. The van der Waals surface area contributed by atoms with Crippen molar-refractivity contribution in [1.82, 2.24) is 5.32 Å². The third-order valence-corrected chi connectivity index (χ3v) is 3.93. The molecule has 0 radical (unpaired) electrons. The summed E-state index contributed by atoms with van der Waals surface area (Å²) in [6.45, 7) is 3.47. The van der Waals surface area contributed by atoms with E-state index in [9.17, 15) is 9.59 Å². The lowest BCUT2D eigenvalue weighted by Crippen LogP contribution is -2.45. The molecule has 2 aliphatic heterocycles. The van der Waals surface area contributed by atoms with E-state index < -0.39 is 18.2 Å². The van der Waals surface area contributed by atoms with Gasteiger partial charge >= 0.3 is 5.97 Å². The lowest BCUT2D eigenvalue weighted by molar-refractivity contribution is -0.152. The first-order valence-electron chi connectivity index (χ1n) is 6.84. The Morgan fingerprint density at radius 2 is 1.79 bits per heavy atom. The van der Waals surface area contributed by atoms with Crippen molar-refractivity contribution >= 4 is 11.9 Å². The number of rotatable bonds is 4. The van der Waals surface area contributed by atoms with Gasteiger partial charge < -0.3 is 19.9 Å². The number of hydrogen-bond donors (Lipinski definition) is 2. The van der Waals surface area contributed by atoms with E-state index in [0.29, 0.717) is 18.8 Å². The Morgan fingerprint density at radius 3 is 2.37 bits per heavy atom. The van der Waals surface area contributed by atoms with Gasteiger partial charge in [-0.25, -0.2) is 4.79 Å². The molecule has 108 valence electrons. The van der Waals surface area contributed by atoms with Crippen molar-refractivity contribution in [2.75, 3.05) is 13.2 Å². The monoisotopic (exact) mass is 271 g/mol. The van der Waals surface area contributed by atoms with Crippen LogP contribution in [0.25, 0.3) is 0 Å². The fourth-order valence-electron chi connectivity index (χ4n) is 2.66. The van der Waals surface area contributed by atoms with Crippen molar-refractivity contribution in [1.29, 1.82) is 0 Å². The molecule has 0 saturated carbocycles. The molecule has 0 aromatic rings. The van der Waals surface area contributed by atoms with Gasteiger partial charge in [0.1, 0.15) is 6.10 Å². The van der Waals surface area contributed by atoms with Crippen molar-refractivity contribution in [3.8, 4) is 0 Å². The van der Waals surface area contributed by atoms with Gasteiger partial charge in [0.2, 0.25) is 5.91 Å². The van der Waals surface area contributed by atoms with Gasteiger partial charge in [-0.1, -0.05) is 0 Å². The number of carboxylic acid groups (broad SMARTS) is 1. The lowest BCUT2D eigenvalue weighted by atomic mass is 9.93. The van der Waals surface area contributed by atoms with Gasteiger partial charge in [0, 0.05) is 19.3 Å². The maximum atomic E-state index is 12.0. The van der Waals surface area contributed by atoms with Crippen LogP contribution in [-0.2, 0) is 19.1 Å². The first-order valence-corrected chi connectivity index (χ1v) is 6.84. The number of carbonyl (C=O) groups excluding carboxylic acids is 1. The summed E-state index contributed by atoms with van der Waals surface area (Å²) in [7, 11) is 0. The minimum atomic E-state index is -0.993. The van der Waals surface area contributed by atoms with E-state index in [1.165, 1.54) is 0 Å². The topological polar surface area (TPSA) is 84.9 Å². The molecule has 1 unspecified atom stereocenters. The van der Waals surface area contributed by atoms with Crippen molar-refractivity contribution in [3.63, 3.8) is 0 Å². The van der Waals surface area contributed by atoms with Gasteiger partial charge in [0.05, 0.1) is 0 Å². The molecule has 2 heterocycles. The Morgan fingerprint density at radius 1 is 1.16 bits per heavy atom. The van der Waals surface area contributed by atoms with Gasteiger partial charge in [-0.2, -0.15) is 0 Å². The summed E-state index contributed by atoms with van der Waals surface area (Å²) in [5, 5.41) is 11.8. The Labute approximate surface area is 112 Å². The van der Waals surface area contributed by atoms with Crippen molar-refractivity contribution in [2.24, 2.45) is 5.92 Å². The average molecular weight is 271 g/mol. The largest absolute Gasteiger partial charge is 0.479 e. The molecular formula is C13H21NO5. The highest BCUT2D eigenvalue weighted by Crippen LogP contribution is 2.22. The van der Waals surface area contributed by atoms with Crippen molar-refractivity contribution in [3.05, 3.63) is 0 Å². The van der Waals surface area contributed by atoms with Crippen LogP contribution in [0.3, 0.4) is 0 Å². The highest BCUT2D eigenvalue weighted by atomic mass is 16.5. The predicted octanol–water partition coefficient (Wildman–Crippen LogP) is 0.550. The molecule has 0 bridgehead atoms. The molecule has 0 aromatic heterocycles. The summed E-state index contributed by atoms with van der Waals surface area (Å²) >= 11 is 0. The SMILES string of the molecule is CC(NC(=O)[C@@H]1CC[C@H](C(=O)O)O1)C1CCOCC1. The molecule has 19 heavy (non-hydrogen) atoms. The minimum absolute atomic E-state index is 0.0730. The molecule has 6 heteroatoms. The van der Waals surface area contributed by atoms with Gasteiger partial charge in [0.25, 0.3) is 0 Å². The third kappa shape index (κ3) is 3.67.